The van der Waals surface area contributed by atoms with Crippen molar-refractivity contribution in [2.24, 2.45) is 0 Å². The quantitative estimate of drug-likeness (QED) is 0.265. The molecule has 0 saturated carbocycles. The van der Waals surface area contributed by atoms with Gasteiger partial charge in [0.1, 0.15) is 6.23 Å². The van der Waals surface area contributed by atoms with Crippen LogP contribution in [0.25, 0.3) is 0 Å². The second-order valence-electron chi connectivity index (χ2n) is 6.06. The molecule has 0 aromatic carbocycles. The van der Waals surface area contributed by atoms with Crippen LogP contribution >= 0.6 is 0 Å². The van der Waals surface area contributed by atoms with E-state index in [0.717, 1.165) is 0 Å². The highest BCUT2D eigenvalue weighted by Gasteiger charge is 2.49. The Hall–Kier alpha value is 0.114. The number of rotatable bonds is 18. The Labute approximate surface area is 166 Å². The summed E-state index contributed by atoms with van der Waals surface area (Å²) in [5, 5.41) is 3.52. The summed E-state index contributed by atoms with van der Waals surface area (Å²) in [6.07, 6.45) is 0.0446. The minimum Gasteiger partial charge on any atom is -0.374 e. The normalized spacial score (nSPS) is 17.7. The van der Waals surface area contributed by atoms with E-state index in [9.17, 15) is 0 Å². The largest absolute Gasteiger partial charge is 0.502 e. The van der Waals surface area contributed by atoms with Crippen LogP contribution in [0.1, 0.15) is 41.5 Å². The molecule has 1 unspecified atom stereocenters. The molecule has 1 aliphatic heterocycles. The van der Waals surface area contributed by atoms with E-state index in [1.807, 2.05) is 41.5 Å². The van der Waals surface area contributed by atoms with Gasteiger partial charge in [-0.2, -0.15) is 0 Å². The van der Waals surface area contributed by atoms with Crippen molar-refractivity contribution in [2.75, 3.05) is 46.2 Å². The van der Waals surface area contributed by atoms with Gasteiger partial charge in [0.2, 0.25) is 0 Å². The molecular weight excluding hydrogens is 386 g/mol. The molecule has 1 heterocycles. The lowest BCUT2D eigenvalue weighted by atomic mass is 10.4. The number of hydrogen-bond acceptors (Lipinski definition) is 8. The fraction of sp³-hybridized carbons (Fsp3) is 1.00. The molecule has 0 aromatic rings. The predicted octanol–water partition coefficient (Wildman–Crippen LogP) is 2.40. The van der Waals surface area contributed by atoms with Crippen molar-refractivity contribution in [1.29, 1.82) is 0 Å². The van der Waals surface area contributed by atoms with Gasteiger partial charge in [0.15, 0.2) is 0 Å². The van der Waals surface area contributed by atoms with Crippen molar-refractivity contribution in [3.05, 3.63) is 0 Å². The number of ether oxygens (including phenoxy) is 1. The summed E-state index contributed by atoms with van der Waals surface area (Å²) >= 11 is 0. The molecule has 27 heavy (non-hydrogen) atoms. The third kappa shape index (κ3) is 8.98. The first kappa shape index (κ1) is 25.2. The van der Waals surface area contributed by atoms with Crippen molar-refractivity contribution in [3.63, 3.8) is 0 Å². The minimum absolute atomic E-state index is 0.00914. The molecule has 10 heteroatoms. The van der Waals surface area contributed by atoms with Gasteiger partial charge in [0.25, 0.3) is 0 Å². The Bertz CT molecular complexity index is 326. The molecule has 0 aliphatic carbocycles. The van der Waals surface area contributed by atoms with Gasteiger partial charge in [-0.15, -0.1) is 0 Å². The highest BCUT2D eigenvalue weighted by Crippen LogP contribution is 2.27. The smallest absolute Gasteiger partial charge is 0.374 e. The summed E-state index contributed by atoms with van der Waals surface area (Å²) in [5.74, 6) is 0. The zero-order valence-corrected chi connectivity index (χ0v) is 19.9. The Morgan fingerprint density at radius 3 is 1.22 bits per heavy atom. The van der Waals surface area contributed by atoms with E-state index in [0.29, 0.717) is 58.3 Å². The molecule has 1 N–H and O–H groups in total. The Kier molecular flexibility index (Phi) is 12.4. The van der Waals surface area contributed by atoms with Crippen LogP contribution in [0, 0.1) is 0 Å². The maximum Gasteiger partial charge on any atom is 0.502 e. The SMILES string of the molecule is CCO[Si](CC(C[Si](OCC)(OCC)OCC)NC1CO1)(OCC)OCC. The molecule has 0 bridgehead atoms. The van der Waals surface area contributed by atoms with Crippen molar-refractivity contribution >= 4 is 17.6 Å². The third-order valence-corrected chi connectivity index (χ3v) is 10.3. The molecule has 0 amide bonds. The van der Waals surface area contributed by atoms with Gasteiger partial charge >= 0.3 is 17.6 Å². The van der Waals surface area contributed by atoms with E-state index in [1.165, 1.54) is 0 Å². The second-order valence-corrected chi connectivity index (χ2v) is 11.3. The molecule has 0 aromatic heterocycles. The average Bonchev–Trinajstić information content (AvgIpc) is 3.40. The molecule has 1 fully saturated rings. The van der Waals surface area contributed by atoms with Crippen LogP contribution in [0.4, 0.5) is 0 Å². The fourth-order valence-corrected chi connectivity index (χ4v) is 8.99. The lowest BCUT2D eigenvalue weighted by Gasteiger charge is -2.35. The van der Waals surface area contributed by atoms with Gasteiger partial charge in [0, 0.05) is 57.8 Å². The van der Waals surface area contributed by atoms with Crippen molar-refractivity contribution in [1.82, 2.24) is 5.32 Å². The molecule has 8 nitrogen and oxygen atoms in total. The zero-order chi connectivity index (χ0) is 20.2. The van der Waals surface area contributed by atoms with Crippen LogP contribution in [0.15, 0.2) is 0 Å². The van der Waals surface area contributed by atoms with Gasteiger partial charge in [-0.25, -0.2) is 0 Å². The highest BCUT2D eigenvalue weighted by atomic mass is 28.4. The maximum absolute atomic E-state index is 6.04. The molecule has 0 radical (unpaired) electrons. The summed E-state index contributed by atoms with van der Waals surface area (Å²) in [4.78, 5) is 0. The van der Waals surface area contributed by atoms with E-state index in [2.05, 4.69) is 5.32 Å². The number of nitrogens with one attached hydrogen (secondary N) is 1. The zero-order valence-electron chi connectivity index (χ0n) is 17.9. The molecular formula is C17H39NO7Si2. The minimum atomic E-state index is -2.83. The third-order valence-electron chi connectivity index (χ3n) is 3.93. The van der Waals surface area contributed by atoms with E-state index in [-0.39, 0.29) is 12.3 Å². The molecule has 162 valence electrons. The summed E-state index contributed by atoms with van der Waals surface area (Å²) in [5.41, 5.74) is 0. The van der Waals surface area contributed by atoms with Crippen LogP contribution in [0.2, 0.25) is 12.1 Å². The van der Waals surface area contributed by atoms with E-state index < -0.39 is 17.6 Å². The predicted molar refractivity (Wildman–Crippen MR) is 108 cm³/mol. The summed E-state index contributed by atoms with van der Waals surface area (Å²) < 4.78 is 41.7. The van der Waals surface area contributed by atoms with Gasteiger partial charge in [-0.3, -0.25) is 5.32 Å². The van der Waals surface area contributed by atoms with Gasteiger partial charge < -0.3 is 31.3 Å². The van der Waals surface area contributed by atoms with Crippen LogP contribution in [0.5, 0.6) is 0 Å². The monoisotopic (exact) mass is 425 g/mol. The second kappa shape index (κ2) is 13.4. The van der Waals surface area contributed by atoms with Crippen molar-refractivity contribution < 1.29 is 31.3 Å². The molecule has 1 atom stereocenters. The van der Waals surface area contributed by atoms with Crippen molar-refractivity contribution in [3.8, 4) is 0 Å². The van der Waals surface area contributed by atoms with Crippen LogP contribution in [-0.4, -0.2) is 76.1 Å². The topological polar surface area (TPSA) is 79.9 Å². The maximum atomic E-state index is 6.04. The molecule has 1 rings (SSSR count). The Balaban J connectivity index is 3.01. The van der Waals surface area contributed by atoms with E-state index >= 15 is 0 Å². The number of hydrogen-bond donors (Lipinski definition) is 1. The summed E-state index contributed by atoms with van der Waals surface area (Å²) in [6, 6.07) is 1.22. The van der Waals surface area contributed by atoms with Crippen LogP contribution in [0.3, 0.4) is 0 Å². The summed E-state index contributed by atoms with van der Waals surface area (Å²) in [7, 11) is -5.66. The lowest BCUT2D eigenvalue weighted by molar-refractivity contribution is 0.0604. The van der Waals surface area contributed by atoms with Crippen LogP contribution < -0.4 is 5.32 Å². The fourth-order valence-electron chi connectivity index (χ4n) is 3.12. The van der Waals surface area contributed by atoms with Gasteiger partial charge in [0.05, 0.1) is 6.61 Å². The first-order valence-corrected chi connectivity index (χ1v) is 14.1. The Morgan fingerprint density at radius 1 is 0.704 bits per heavy atom. The molecule has 0 spiro atoms. The molecule has 1 saturated heterocycles. The lowest BCUT2D eigenvalue weighted by Crippen LogP contribution is -2.56. The number of epoxide rings is 1. The Morgan fingerprint density at radius 2 is 1.00 bits per heavy atom. The summed E-state index contributed by atoms with van der Waals surface area (Å²) in [6.45, 7) is 15.8. The van der Waals surface area contributed by atoms with E-state index in [4.69, 9.17) is 31.3 Å². The first-order chi connectivity index (χ1) is 13.0. The van der Waals surface area contributed by atoms with Crippen LogP contribution in [-0.2, 0) is 31.3 Å². The highest BCUT2D eigenvalue weighted by molar-refractivity contribution is 6.63. The average molecular weight is 426 g/mol. The van der Waals surface area contributed by atoms with Gasteiger partial charge in [-0.05, 0) is 41.5 Å². The van der Waals surface area contributed by atoms with E-state index in [1.54, 1.807) is 0 Å². The molecule has 1 aliphatic rings. The first-order valence-electron chi connectivity index (χ1n) is 10.2. The standard InChI is InChI=1S/C17H39NO7Si2/c1-7-20-26(21-8-2,22-9-3)14-16(18-17-13-19-17)15-27(23-10-4,24-11-5)25-12-6/h16-18H,7-15H2,1-6H3. The van der Waals surface area contributed by atoms with Gasteiger partial charge in [-0.1, -0.05) is 0 Å². The van der Waals surface area contributed by atoms with Crippen molar-refractivity contribution in [2.45, 2.75) is 65.9 Å².